The van der Waals surface area contributed by atoms with Gasteiger partial charge >= 0.3 is 5.97 Å². The van der Waals surface area contributed by atoms with E-state index in [2.05, 4.69) is 5.32 Å². The molecule has 3 rings (SSSR count). The number of esters is 1. The zero-order chi connectivity index (χ0) is 18.7. The standard InChI is InChI=1S/C19H13ClN2O4/c1-11-14-4-2-3-5-16(14)26-18(11)19(24)25-10-17(23)22-13-7-6-12(9-21)15(20)8-13/h2-8H,10H2,1H3,(H,22,23). The Balaban J connectivity index is 1.63. The van der Waals surface area contributed by atoms with Crippen molar-refractivity contribution in [2.45, 2.75) is 6.92 Å². The van der Waals surface area contributed by atoms with Crippen LogP contribution in [0, 0.1) is 18.3 Å². The molecule has 0 fully saturated rings. The second kappa shape index (κ2) is 7.30. The van der Waals surface area contributed by atoms with Crippen molar-refractivity contribution in [1.82, 2.24) is 0 Å². The number of amides is 1. The third kappa shape index (κ3) is 3.53. The van der Waals surface area contributed by atoms with Gasteiger partial charge in [0.2, 0.25) is 5.76 Å². The first kappa shape index (κ1) is 17.5. The van der Waals surface area contributed by atoms with E-state index in [1.54, 1.807) is 19.1 Å². The topological polar surface area (TPSA) is 92.3 Å². The van der Waals surface area contributed by atoms with Crippen molar-refractivity contribution in [2.24, 2.45) is 0 Å². The fourth-order valence-electron chi connectivity index (χ4n) is 2.45. The van der Waals surface area contributed by atoms with Crippen molar-refractivity contribution in [2.75, 3.05) is 11.9 Å². The zero-order valence-electron chi connectivity index (χ0n) is 13.7. The maximum atomic E-state index is 12.2. The number of benzene rings is 2. The Labute approximate surface area is 153 Å². The van der Waals surface area contributed by atoms with E-state index in [0.717, 1.165) is 5.39 Å². The molecule has 1 heterocycles. The smallest absolute Gasteiger partial charge is 0.375 e. The highest BCUT2D eigenvalue weighted by molar-refractivity contribution is 6.32. The number of halogens is 1. The van der Waals surface area contributed by atoms with Gasteiger partial charge < -0.3 is 14.5 Å². The molecule has 130 valence electrons. The fraction of sp³-hybridized carbons (Fsp3) is 0.105. The van der Waals surface area contributed by atoms with E-state index in [1.165, 1.54) is 18.2 Å². The number of furan rings is 1. The van der Waals surface area contributed by atoms with Crippen molar-refractivity contribution < 1.29 is 18.7 Å². The average Bonchev–Trinajstić information content (AvgIpc) is 2.97. The van der Waals surface area contributed by atoms with Crippen molar-refractivity contribution >= 4 is 40.1 Å². The van der Waals surface area contributed by atoms with Crippen molar-refractivity contribution in [3.05, 3.63) is 64.4 Å². The van der Waals surface area contributed by atoms with Crippen LogP contribution in [0.25, 0.3) is 11.0 Å². The molecule has 7 heteroatoms. The molecule has 0 radical (unpaired) electrons. The summed E-state index contributed by atoms with van der Waals surface area (Å²) in [6.07, 6.45) is 0. The van der Waals surface area contributed by atoms with Crippen LogP contribution in [-0.2, 0) is 9.53 Å². The summed E-state index contributed by atoms with van der Waals surface area (Å²) in [6.45, 7) is 1.27. The van der Waals surface area contributed by atoms with Gasteiger partial charge in [-0.25, -0.2) is 4.79 Å². The summed E-state index contributed by atoms with van der Waals surface area (Å²) in [5.41, 5.74) is 1.94. The molecule has 0 saturated carbocycles. The summed E-state index contributed by atoms with van der Waals surface area (Å²) in [5, 5.41) is 12.4. The summed E-state index contributed by atoms with van der Waals surface area (Å²) in [4.78, 5) is 24.1. The molecule has 2 aromatic carbocycles. The Morgan fingerprint density at radius 2 is 2.04 bits per heavy atom. The summed E-state index contributed by atoms with van der Waals surface area (Å²) in [7, 11) is 0. The van der Waals surface area contributed by atoms with E-state index in [4.69, 9.17) is 26.0 Å². The Bertz CT molecular complexity index is 1050. The fourth-order valence-corrected chi connectivity index (χ4v) is 2.67. The number of rotatable bonds is 4. The molecule has 26 heavy (non-hydrogen) atoms. The predicted octanol–water partition coefficient (Wildman–Crippen LogP) is 4.06. The quantitative estimate of drug-likeness (QED) is 0.701. The van der Waals surface area contributed by atoms with Gasteiger partial charge in [0.1, 0.15) is 11.7 Å². The summed E-state index contributed by atoms with van der Waals surface area (Å²) < 4.78 is 10.5. The number of para-hydroxylation sites is 1. The number of hydrogen-bond donors (Lipinski definition) is 1. The molecule has 0 atom stereocenters. The number of aryl methyl sites for hydroxylation is 1. The largest absolute Gasteiger partial charge is 0.450 e. The molecule has 1 amide bonds. The normalized spacial score (nSPS) is 10.3. The number of anilines is 1. The highest BCUT2D eigenvalue weighted by atomic mass is 35.5. The van der Waals surface area contributed by atoms with Crippen LogP contribution in [0.5, 0.6) is 0 Å². The number of nitriles is 1. The van der Waals surface area contributed by atoms with Gasteiger partial charge in [-0.2, -0.15) is 5.26 Å². The van der Waals surface area contributed by atoms with Crippen LogP contribution < -0.4 is 5.32 Å². The highest BCUT2D eigenvalue weighted by Gasteiger charge is 2.19. The molecule has 0 unspecified atom stereocenters. The number of carbonyl (C=O) groups is 2. The van der Waals surface area contributed by atoms with Gasteiger partial charge in [-0.15, -0.1) is 0 Å². The van der Waals surface area contributed by atoms with Gasteiger partial charge in [-0.1, -0.05) is 29.8 Å². The molecule has 1 N–H and O–H groups in total. The van der Waals surface area contributed by atoms with E-state index in [9.17, 15) is 9.59 Å². The molecular formula is C19H13ClN2O4. The Morgan fingerprint density at radius 1 is 1.27 bits per heavy atom. The van der Waals surface area contributed by atoms with Gasteiger partial charge in [0.25, 0.3) is 5.91 Å². The number of carbonyl (C=O) groups excluding carboxylic acids is 2. The lowest BCUT2D eigenvalue weighted by molar-refractivity contribution is -0.119. The lowest BCUT2D eigenvalue weighted by Crippen LogP contribution is -2.21. The van der Waals surface area contributed by atoms with Crippen LogP contribution in [-0.4, -0.2) is 18.5 Å². The minimum absolute atomic E-state index is 0.0698. The van der Waals surface area contributed by atoms with Crippen LogP contribution in [0.4, 0.5) is 5.69 Å². The van der Waals surface area contributed by atoms with Gasteiger partial charge in [-0.05, 0) is 31.2 Å². The first-order chi connectivity index (χ1) is 12.5. The van der Waals surface area contributed by atoms with Crippen LogP contribution in [0.2, 0.25) is 5.02 Å². The molecule has 0 bridgehead atoms. The molecule has 0 aliphatic carbocycles. The van der Waals surface area contributed by atoms with Gasteiger partial charge in [-0.3, -0.25) is 4.79 Å². The second-order valence-corrected chi connectivity index (χ2v) is 5.89. The highest BCUT2D eigenvalue weighted by Crippen LogP contribution is 2.25. The molecule has 0 aliphatic rings. The van der Waals surface area contributed by atoms with Gasteiger partial charge in [0.05, 0.1) is 10.6 Å². The monoisotopic (exact) mass is 368 g/mol. The van der Waals surface area contributed by atoms with Crippen molar-refractivity contribution in [1.29, 1.82) is 5.26 Å². The van der Waals surface area contributed by atoms with E-state index >= 15 is 0 Å². The number of fused-ring (bicyclic) bond motifs is 1. The summed E-state index contributed by atoms with van der Waals surface area (Å²) in [6, 6.07) is 13.6. The number of hydrogen-bond acceptors (Lipinski definition) is 5. The second-order valence-electron chi connectivity index (χ2n) is 5.48. The summed E-state index contributed by atoms with van der Waals surface area (Å²) >= 11 is 5.91. The first-order valence-corrected chi connectivity index (χ1v) is 8.02. The van der Waals surface area contributed by atoms with Crippen LogP contribution in [0.3, 0.4) is 0 Å². The first-order valence-electron chi connectivity index (χ1n) is 7.64. The van der Waals surface area contributed by atoms with Gasteiger partial charge in [0, 0.05) is 16.6 Å². The van der Waals surface area contributed by atoms with E-state index in [0.29, 0.717) is 22.4 Å². The average molecular weight is 369 g/mol. The third-order valence-corrected chi connectivity index (χ3v) is 4.05. The third-order valence-electron chi connectivity index (χ3n) is 3.74. The van der Waals surface area contributed by atoms with E-state index < -0.39 is 18.5 Å². The van der Waals surface area contributed by atoms with Crippen molar-refractivity contribution in [3.63, 3.8) is 0 Å². The zero-order valence-corrected chi connectivity index (χ0v) is 14.5. The van der Waals surface area contributed by atoms with Crippen LogP contribution in [0.15, 0.2) is 46.9 Å². The number of ether oxygens (including phenoxy) is 1. The molecular weight excluding hydrogens is 356 g/mol. The Morgan fingerprint density at radius 3 is 2.73 bits per heavy atom. The summed E-state index contributed by atoms with van der Waals surface area (Å²) in [5.74, 6) is -1.18. The minimum Gasteiger partial charge on any atom is -0.450 e. The lowest BCUT2D eigenvalue weighted by atomic mass is 10.1. The van der Waals surface area contributed by atoms with E-state index in [1.807, 2.05) is 18.2 Å². The van der Waals surface area contributed by atoms with Gasteiger partial charge in [0.15, 0.2) is 6.61 Å². The number of nitrogens with zero attached hydrogens (tertiary/aromatic N) is 1. The molecule has 1 aromatic heterocycles. The van der Waals surface area contributed by atoms with Crippen molar-refractivity contribution in [3.8, 4) is 6.07 Å². The lowest BCUT2D eigenvalue weighted by Gasteiger charge is -2.07. The SMILES string of the molecule is Cc1c(C(=O)OCC(=O)Nc2ccc(C#N)c(Cl)c2)oc2ccccc12. The van der Waals surface area contributed by atoms with Crippen LogP contribution >= 0.6 is 11.6 Å². The van der Waals surface area contributed by atoms with Crippen LogP contribution in [0.1, 0.15) is 21.7 Å². The maximum Gasteiger partial charge on any atom is 0.375 e. The molecule has 6 nitrogen and oxygen atoms in total. The number of nitrogens with one attached hydrogen (secondary N) is 1. The minimum atomic E-state index is -0.716. The Hall–Kier alpha value is -3.30. The maximum absolute atomic E-state index is 12.2. The molecule has 0 aliphatic heterocycles. The van der Waals surface area contributed by atoms with E-state index in [-0.39, 0.29) is 10.8 Å². The molecule has 0 saturated heterocycles. The predicted molar refractivity (Wildman–Crippen MR) is 96.0 cm³/mol. The molecule has 3 aromatic rings. The molecule has 0 spiro atoms. The Kier molecular flexibility index (Phi) is 4.92.